The first-order valence-corrected chi connectivity index (χ1v) is 9.52. The number of hydrogen-bond donors (Lipinski definition) is 1. The van der Waals surface area contributed by atoms with Gasteiger partial charge in [0.15, 0.2) is 16.5 Å². The Hall–Kier alpha value is -2.48. The van der Waals surface area contributed by atoms with Crippen molar-refractivity contribution >= 4 is 27.7 Å². The summed E-state index contributed by atoms with van der Waals surface area (Å²) >= 11 is 3.20. The molecule has 7 nitrogen and oxygen atoms in total. The zero-order valence-electron chi connectivity index (χ0n) is 14.9. The lowest BCUT2D eigenvalue weighted by molar-refractivity contribution is -0.137. The van der Waals surface area contributed by atoms with Crippen LogP contribution in [0.1, 0.15) is 23.9 Å². The lowest BCUT2D eigenvalue weighted by Gasteiger charge is -2.25. The number of furan rings is 1. The van der Waals surface area contributed by atoms with Crippen molar-refractivity contribution in [3.63, 3.8) is 0 Å². The van der Waals surface area contributed by atoms with Gasteiger partial charge in [-0.05, 0) is 65.7 Å². The molecule has 1 atom stereocenters. The Morgan fingerprint density at radius 2 is 1.74 bits per heavy atom. The second-order valence-electron chi connectivity index (χ2n) is 6.33. The van der Waals surface area contributed by atoms with Gasteiger partial charge in [0.05, 0.1) is 0 Å². The molecule has 1 fully saturated rings. The van der Waals surface area contributed by atoms with E-state index in [9.17, 15) is 14.7 Å². The fourth-order valence-electron chi connectivity index (χ4n) is 2.96. The molecule has 0 bridgehead atoms. The molecule has 0 aliphatic carbocycles. The van der Waals surface area contributed by atoms with Crippen molar-refractivity contribution in [2.45, 2.75) is 19.4 Å². The van der Waals surface area contributed by atoms with E-state index in [1.165, 1.54) is 12.1 Å². The molecule has 2 aromatic rings. The number of phenolic OH excluding ortho intramolecular Hbond substituents is 1. The minimum absolute atomic E-state index is 0.127. The highest BCUT2D eigenvalue weighted by Gasteiger charge is 2.27. The van der Waals surface area contributed by atoms with E-state index in [0.717, 1.165) is 0 Å². The van der Waals surface area contributed by atoms with Crippen molar-refractivity contribution < 1.29 is 23.8 Å². The van der Waals surface area contributed by atoms with Crippen LogP contribution in [0.25, 0.3) is 0 Å². The summed E-state index contributed by atoms with van der Waals surface area (Å²) in [6.45, 7) is 3.70. The maximum atomic E-state index is 12.7. The summed E-state index contributed by atoms with van der Waals surface area (Å²) in [5, 5.41) is 9.32. The first-order valence-electron chi connectivity index (χ1n) is 8.73. The number of carbonyl (C=O) groups excluding carboxylic acids is 2. The third-order valence-corrected chi connectivity index (χ3v) is 4.80. The van der Waals surface area contributed by atoms with E-state index in [2.05, 4.69) is 15.9 Å². The van der Waals surface area contributed by atoms with Crippen LogP contribution in [0.4, 0.5) is 0 Å². The van der Waals surface area contributed by atoms with E-state index in [1.807, 2.05) is 0 Å². The van der Waals surface area contributed by atoms with Crippen molar-refractivity contribution in [2.75, 3.05) is 26.2 Å². The average molecular weight is 437 g/mol. The molecule has 144 valence electrons. The van der Waals surface area contributed by atoms with Gasteiger partial charge in [0, 0.05) is 26.2 Å². The zero-order valence-corrected chi connectivity index (χ0v) is 16.5. The maximum absolute atomic E-state index is 12.7. The fraction of sp³-hybridized carbons (Fsp3) is 0.368. The van der Waals surface area contributed by atoms with Gasteiger partial charge in [-0.3, -0.25) is 9.59 Å². The Kier molecular flexibility index (Phi) is 6.05. The summed E-state index contributed by atoms with van der Waals surface area (Å²) in [6, 6.07) is 9.56. The summed E-state index contributed by atoms with van der Waals surface area (Å²) in [6.07, 6.45) is 0.0310. The third-order valence-electron chi connectivity index (χ3n) is 4.38. The van der Waals surface area contributed by atoms with Crippen LogP contribution in [0.2, 0.25) is 0 Å². The largest absolute Gasteiger partial charge is 0.508 e. The van der Waals surface area contributed by atoms with Crippen molar-refractivity contribution in [1.29, 1.82) is 0 Å². The van der Waals surface area contributed by atoms with Gasteiger partial charge < -0.3 is 24.1 Å². The fourth-order valence-corrected chi connectivity index (χ4v) is 3.27. The molecule has 0 spiro atoms. The smallest absolute Gasteiger partial charge is 0.289 e. The maximum Gasteiger partial charge on any atom is 0.289 e. The number of halogens is 1. The molecule has 8 heteroatoms. The number of benzene rings is 1. The number of phenols is 1. The van der Waals surface area contributed by atoms with Crippen molar-refractivity contribution in [3.05, 3.63) is 46.8 Å². The minimum atomic E-state index is -0.655. The molecular formula is C19H21BrN2O5. The molecule has 2 amide bonds. The number of hydrogen-bond acceptors (Lipinski definition) is 5. The zero-order chi connectivity index (χ0) is 19.4. The molecule has 1 aromatic heterocycles. The van der Waals surface area contributed by atoms with Crippen LogP contribution >= 0.6 is 15.9 Å². The van der Waals surface area contributed by atoms with Crippen LogP contribution in [-0.4, -0.2) is 59.0 Å². The van der Waals surface area contributed by atoms with Crippen molar-refractivity contribution in [2.24, 2.45) is 0 Å². The molecule has 1 aromatic carbocycles. The first kappa shape index (κ1) is 19.3. The average Bonchev–Trinajstić information content (AvgIpc) is 2.94. The summed E-state index contributed by atoms with van der Waals surface area (Å²) in [5.41, 5.74) is 0. The Balaban J connectivity index is 1.57. The molecule has 0 radical (unpaired) electrons. The van der Waals surface area contributed by atoms with E-state index in [0.29, 0.717) is 43.0 Å². The molecule has 1 aliphatic heterocycles. The second kappa shape index (κ2) is 8.47. The van der Waals surface area contributed by atoms with Gasteiger partial charge in [-0.25, -0.2) is 0 Å². The van der Waals surface area contributed by atoms with Crippen molar-refractivity contribution in [1.82, 2.24) is 9.80 Å². The number of amides is 2. The predicted molar refractivity (Wildman–Crippen MR) is 102 cm³/mol. The van der Waals surface area contributed by atoms with Gasteiger partial charge in [0.25, 0.3) is 11.8 Å². The molecule has 1 N–H and O–H groups in total. The summed E-state index contributed by atoms with van der Waals surface area (Å²) in [5.74, 6) is 0.637. The predicted octanol–water partition coefficient (Wildman–Crippen LogP) is 2.89. The number of carbonyl (C=O) groups is 2. The summed E-state index contributed by atoms with van der Waals surface area (Å²) < 4.78 is 11.5. The molecule has 2 heterocycles. The number of aromatic hydroxyl groups is 1. The Morgan fingerprint density at radius 1 is 1.07 bits per heavy atom. The van der Waals surface area contributed by atoms with Crippen LogP contribution in [-0.2, 0) is 4.79 Å². The molecule has 1 unspecified atom stereocenters. The highest BCUT2D eigenvalue weighted by atomic mass is 79.9. The van der Waals surface area contributed by atoms with Gasteiger partial charge in [-0.15, -0.1) is 0 Å². The quantitative estimate of drug-likeness (QED) is 0.796. The lowest BCUT2D eigenvalue weighted by Crippen LogP contribution is -2.43. The van der Waals surface area contributed by atoms with Gasteiger partial charge in [0.1, 0.15) is 11.5 Å². The van der Waals surface area contributed by atoms with Crippen LogP contribution in [0.5, 0.6) is 11.5 Å². The standard InChI is InChI=1S/C19H21BrN2O5/c1-13(26-15-5-3-14(23)4-6-15)18(24)21-9-2-10-22(12-11-21)19(25)16-7-8-17(20)27-16/h3-8,13,23H,2,9-12H2,1H3. The highest BCUT2D eigenvalue weighted by Crippen LogP contribution is 2.19. The lowest BCUT2D eigenvalue weighted by atomic mass is 10.3. The van der Waals surface area contributed by atoms with Crippen LogP contribution in [0.15, 0.2) is 45.5 Å². The molecule has 0 saturated carbocycles. The van der Waals surface area contributed by atoms with Gasteiger partial charge in [-0.1, -0.05) is 0 Å². The van der Waals surface area contributed by atoms with Gasteiger partial charge in [0.2, 0.25) is 0 Å². The van der Waals surface area contributed by atoms with Crippen LogP contribution in [0.3, 0.4) is 0 Å². The van der Waals surface area contributed by atoms with E-state index in [-0.39, 0.29) is 23.3 Å². The topological polar surface area (TPSA) is 83.2 Å². The van der Waals surface area contributed by atoms with Crippen LogP contribution < -0.4 is 4.74 Å². The second-order valence-corrected chi connectivity index (χ2v) is 7.11. The summed E-state index contributed by atoms with van der Waals surface area (Å²) in [7, 11) is 0. The minimum Gasteiger partial charge on any atom is -0.508 e. The third kappa shape index (κ3) is 4.82. The number of ether oxygens (including phenoxy) is 1. The normalized spacial score (nSPS) is 15.9. The van der Waals surface area contributed by atoms with E-state index >= 15 is 0 Å². The Labute approximate surface area is 165 Å². The molecule has 1 saturated heterocycles. The van der Waals surface area contributed by atoms with E-state index in [1.54, 1.807) is 41.0 Å². The Bertz CT molecular complexity index is 805. The monoisotopic (exact) mass is 436 g/mol. The van der Waals surface area contributed by atoms with Gasteiger partial charge >= 0.3 is 0 Å². The Morgan fingerprint density at radius 3 is 2.41 bits per heavy atom. The number of rotatable bonds is 4. The molecule has 27 heavy (non-hydrogen) atoms. The first-order chi connectivity index (χ1) is 12.9. The molecule has 3 rings (SSSR count). The van der Waals surface area contributed by atoms with Gasteiger partial charge in [-0.2, -0.15) is 0 Å². The molecule has 1 aliphatic rings. The van der Waals surface area contributed by atoms with E-state index in [4.69, 9.17) is 9.15 Å². The SMILES string of the molecule is CC(Oc1ccc(O)cc1)C(=O)N1CCCN(C(=O)c2ccc(Br)o2)CC1. The van der Waals surface area contributed by atoms with Crippen molar-refractivity contribution in [3.8, 4) is 11.5 Å². The van der Waals surface area contributed by atoms with Crippen LogP contribution in [0, 0.1) is 0 Å². The number of nitrogens with zero attached hydrogens (tertiary/aromatic N) is 2. The molecular weight excluding hydrogens is 416 g/mol. The van der Waals surface area contributed by atoms with E-state index < -0.39 is 6.10 Å². The summed E-state index contributed by atoms with van der Waals surface area (Å²) in [4.78, 5) is 28.6. The highest BCUT2D eigenvalue weighted by molar-refractivity contribution is 9.10.